The molecule has 7 nitrogen and oxygen atoms in total. The summed E-state index contributed by atoms with van der Waals surface area (Å²) in [6.07, 6.45) is 0.844. The van der Waals surface area contributed by atoms with Crippen molar-refractivity contribution in [3.63, 3.8) is 0 Å². The van der Waals surface area contributed by atoms with Crippen molar-refractivity contribution in [1.29, 1.82) is 0 Å². The molecule has 30 heavy (non-hydrogen) atoms. The molecule has 1 unspecified atom stereocenters. The summed E-state index contributed by atoms with van der Waals surface area (Å²) < 4.78 is 13.7. The Kier molecular flexibility index (Phi) is 5.53. The van der Waals surface area contributed by atoms with E-state index in [1.165, 1.54) is 17.5 Å². The van der Waals surface area contributed by atoms with Gasteiger partial charge in [-0.25, -0.2) is 4.79 Å². The van der Waals surface area contributed by atoms with Crippen LogP contribution in [0.5, 0.6) is 11.5 Å². The van der Waals surface area contributed by atoms with E-state index in [0.29, 0.717) is 18.0 Å². The van der Waals surface area contributed by atoms with E-state index in [2.05, 4.69) is 22.4 Å². The van der Waals surface area contributed by atoms with Crippen LogP contribution in [0.2, 0.25) is 0 Å². The molecule has 2 aromatic heterocycles. The SMILES string of the molecule is COc1cc2c(cc1OC)C(c1cccs1)N(Cc1cc(=O)n(C)c(=O)n1C)CC2. The van der Waals surface area contributed by atoms with Gasteiger partial charge in [-0.2, -0.15) is 0 Å². The molecule has 0 fully saturated rings. The largest absolute Gasteiger partial charge is 0.493 e. The third-order valence-corrected chi connectivity index (χ3v) is 6.70. The summed E-state index contributed by atoms with van der Waals surface area (Å²) in [6, 6.07) is 9.83. The minimum atomic E-state index is -0.311. The van der Waals surface area contributed by atoms with Gasteiger partial charge < -0.3 is 9.47 Å². The molecular formula is C22H25N3O4S. The van der Waals surface area contributed by atoms with E-state index in [1.807, 2.05) is 12.1 Å². The first-order valence-electron chi connectivity index (χ1n) is 9.72. The van der Waals surface area contributed by atoms with Crippen molar-refractivity contribution < 1.29 is 9.47 Å². The first-order valence-corrected chi connectivity index (χ1v) is 10.6. The lowest BCUT2D eigenvalue weighted by Gasteiger charge is -2.37. The lowest BCUT2D eigenvalue weighted by atomic mass is 9.90. The Morgan fingerprint density at radius 2 is 1.80 bits per heavy atom. The van der Waals surface area contributed by atoms with Gasteiger partial charge in [-0.1, -0.05) is 6.07 Å². The maximum absolute atomic E-state index is 12.4. The highest BCUT2D eigenvalue weighted by atomic mass is 32.1. The fourth-order valence-corrected chi connectivity index (χ4v) is 4.96. The first kappa shape index (κ1) is 20.4. The first-order chi connectivity index (χ1) is 14.4. The second kappa shape index (κ2) is 8.12. The van der Waals surface area contributed by atoms with E-state index in [-0.39, 0.29) is 17.3 Å². The van der Waals surface area contributed by atoms with Crippen LogP contribution in [0.3, 0.4) is 0 Å². The van der Waals surface area contributed by atoms with Gasteiger partial charge >= 0.3 is 5.69 Å². The van der Waals surface area contributed by atoms with Crippen LogP contribution < -0.4 is 20.7 Å². The van der Waals surface area contributed by atoms with Gasteiger partial charge in [-0.3, -0.25) is 18.8 Å². The van der Waals surface area contributed by atoms with Gasteiger partial charge in [0.1, 0.15) is 0 Å². The second-order valence-electron chi connectivity index (χ2n) is 7.42. The molecule has 158 valence electrons. The van der Waals surface area contributed by atoms with Gasteiger partial charge in [0.2, 0.25) is 0 Å². The van der Waals surface area contributed by atoms with Crippen molar-refractivity contribution >= 4 is 11.3 Å². The summed E-state index contributed by atoms with van der Waals surface area (Å²) in [7, 11) is 6.50. The van der Waals surface area contributed by atoms with Gasteiger partial charge in [0.25, 0.3) is 5.56 Å². The zero-order valence-corrected chi connectivity index (χ0v) is 18.4. The fourth-order valence-electron chi connectivity index (χ4n) is 4.09. The summed E-state index contributed by atoms with van der Waals surface area (Å²) in [5.74, 6) is 1.42. The molecule has 0 N–H and O–H groups in total. The topological polar surface area (TPSA) is 65.7 Å². The van der Waals surface area contributed by atoms with Crippen molar-refractivity contribution in [2.24, 2.45) is 14.1 Å². The lowest BCUT2D eigenvalue weighted by molar-refractivity contribution is 0.200. The number of thiophene rings is 1. The number of hydrogen-bond acceptors (Lipinski definition) is 6. The number of ether oxygens (including phenoxy) is 2. The molecule has 8 heteroatoms. The van der Waals surface area contributed by atoms with E-state index in [1.54, 1.807) is 43.2 Å². The minimum absolute atomic E-state index is 0.00714. The summed E-state index contributed by atoms with van der Waals surface area (Å²) in [4.78, 5) is 28.1. The number of hydrogen-bond donors (Lipinski definition) is 0. The Morgan fingerprint density at radius 1 is 1.07 bits per heavy atom. The summed E-state index contributed by atoms with van der Waals surface area (Å²) in [5.41, 5.74) is 2.49. The van der Waals surface area contributed by atoms with Crippen LogP contribution in [-0.2, 0) is 27.1 Å². The number of benzene rings is 1. The third kappa shape index (κ3) is 3.46. The Balaban J connectivity index is 1.81. The number of fused-ring (bicyclic) bond motifs is 1. The zero-order chi connectivity index (χ0) is 21.4. The second-order valence-corrected chi connectivity index (χ2v) is 8.40. The normalized spacial score (nSPS) is 16.3. The molecule has 4 rings (SSSR count). The Hall–Kier alpha value is -2.84. The molecule has 0 bridgehead atoms. The molecule has 1 aromatic carbocycles. The van der Waals surface area contributed by atoms with E-state index >= 15 is 0 Å². The smallest absolute Gasteiger partial charge is 0.330 e. The molecular weight excluding hydrogens is 402 g/mol. The lowest BCUT2D eigenvalue weighted by Crippen LogP contribution is -2.41. The van der Waals surface area contributed by atoms with Crippen molar-refractivity contribution in [2.75, 3.05) is 20.8 Å². The Labute approximate surface area is 178 Å². The molecule has 0 spiro atoms. The van der Waals surface area contributed by atoms with Crippen LogP contribution in [0.1, 0.15) is 27.7 Å². The third-order valence-electron chi connectivity index (χ3n) is 5.78. The molecule has 0 saturated heterocycles. The fraction of sp³-hybridized carbons (Fsp3) is 0.364. The predicted molar refractivity (Wildman–Crippen MR) is 117 cm³/mol. The number of aromatic nitrogens is 2. The predicted octanol–water partition coefficient (Wildman–Crippen LogP) is 2.31. The van der Waals surface area contributed by atoms with E-state index < -0.39 is 0 Å². The molecule has 1 aliphatic heterocycles. The standard InChI is InChI=1S/C22H25N3O4S/c1-23-15(11-20(26)24(2)22(23)27)13-25-8-7-14-10-17(28-3)18(29-4)12-16(14)21(25)19-6-5-9-30-19/h5-6,9-12,21H,7-8,13H2,1-4H3. The van der Waals surface area contributed by atoms with Gasteiger partial charge in [-0.05, 0) is 41.1 Å². The van der Waals surface area contributed by atoms with Crippen LogP contribution >= 0.6 is 11.3 Å². The van der Waals surface area contributed by atoms with E-state index in [0.717, 1.165) is 28.8 Å². The van der Waals surface area contributed by atoms with Crippen LogP contribution in [-0.4, -0.2) is 34.8 Å². The Morgan fingerprint density at radius 3 is 2.47 bits per heavy atom. The highest BCUT2D eigenvalue weighted by Gasteiger charge is 2.31. The van der Waals surface area contributed by atoms with Crippen LogP contribution in [0.25, 0.3) is 0 Å². The van der Waals surface area contributed by atoms with Crippen molar-refractivity contribution in [3.8, 4) is 11.5 Å². The van der Waals surface area contributed by atoms with Crippen molar-refractivity contribution in [2.45, 2.75) is 19.0 Å². The minimum Gasteiger partial charge on any atom is -0.493 e. The van der Waals surface area contributed by atoms with Crippen molar-refractivity contribution in [3.05, 3.63) is 78.2 Å². The van der Waals surface area contributed by atoms with Crippen LogP contribution in [0.4, 0.5) is 0 Å². The van der Waals surface area contributed by atoms with Crippen molar-refractivity contribution in [1.82, 2.24) is 14.0 Å². The molecule has 0 radical (unpaired) electrons. The summed E-state index contributed by atoms with van der Waals surface area (Å²) in [6.45, 7) is 1.30. The summed E-state index contributed by atoms with van der Waals surface area (Å²) >= 11 is 1.70. The maximum Gasteiger partial charge on any atom is 0.330 e. The van der Waals surface area contributed by atoms with E-state index in [4.69, 9.17) is 9.47 Å². The van der Waals surface area contributed by atoms with E-state index in [9.17, 15) is 9.59 Å². The van der Waals surface area contributed by atoms with Gasteiger partial charge in [-0.15, -0.1) is 11.3 Å². The number of methoxy groups -OCH3 is 2. The molecule has 0 aliphatic carbocycles. The highest BCUT2D eigenvalue weighted by Crippen LogP contribution is 2.42. The quantitative estimate of drug-likeness (QED) is 0.625. The molecule has 3 heterocycles. The average Bonchev–Trinajstić information content (AvgIpc) is 3.29. The monoisotopic (exact) mass is 427 g/mol. The average molecular weight is 428 g/mol. The van der Waals surface area contributed by atoms with Gasteiger partial charge in [0, 0.05) is 43.8 Å². The van der Waals surface area contributed by atoms with Crippen LogP contribution in [0, 0.1) is 0 Å². The maximum atomic E-state index is 12.4. The number of rotatable bonds is 5. The molecule has 1 atom stereocenters. The molecule has 1 aliphatic rings. The number of nitrogens with zero attached hydrogens (tertiary/aromatic N) is 3. The Bertz CT molecular complexity index is 1180. The zero-order valence-electron chi connectivity index (χ0n) is 17.5. The van der Waals surface area contributed by atoms with Gasteiger partial charge in [0.05, 0.1) is 20.3 Å². The highest BCUT2D eigenvalue weighted by molar-refractivity contribution is 7.10. The molecule has 0 saturated carbocycles. The molecule has 3 aromatic rings. The molecule has 0 amide bonds. The van der Waals surface area contributed by atoms with Crippen LogP contribution in [0.15, 0.2) is 45.3 Å². The summed E-state index contributed by atoms with van der Waals surface area (Å²) in [5, 5.41) is 2.07. The van der Waals surface area contributed by atoms with Gasteiger partial charge in [0.15, 0.2) is 11.5 Å².